The molecule has 4 aromatic carbocycles. The van der Waals surface area contributed by atoms with Crippen LogP contribution in [-0.4, -0.2) is 10.2 Å². The first-order valence-corrected chi connectivity index (χ1v) is 10.8. The van der Waals surface area contributed by atoms with E-state index in [1.54, 1.807) is 0 Å². The minimum atomic E-state index is -0.852. The molecule has 2 N–H and O–H groups in total. The lowest BCUT2D eigenvalue weighted by Crippen LogP contribution is -2.29. The van der Waals surface area contributed by atoms with Gasteiger partial charge in [-0.1, -0.05) is 72.8 Å². The van der Waals surface area contributed by atoms with Crippen LogP contribution in [-0.2, 0) is 5.41 Å². The summed E-state index contributed by atoms with van der Waals surface area (Å²) in [6.45, 7) is 0. The van der Waals surface area contributed by atoms with E-state index >= 15 is 0 Å². The number of rotatable bonds is 2. The number of hydrogen-bond donors (Lipinski definition) is 2. The van der Waals surface area contributed by atoms with Crippen LogP contribution in [0.5, 0.6) is 11.5 Å². The van der Waals surface area contributed by atoms with Crippen LogP contribution >= 0.6 is 31.9 Å². The van der Waals surface area contributed by atoms with Gasteiger partial charge in [0.1, 0.15) is 11.5 Å². The normalized spacial score (nSPS) is 13.7. The first-order chi connectivity index (χ1) is 14.1. The average molecular weight is 508 g/mol. The molecule has 29 heavy (non-hydrogen) atoms. The maximum absolute atomic E-state index is 11.2. The molecule has 0 saturated carbocycles. The fourth-order valence-electron chi connectivity index (χ4n) is 4.60. The molecule has 142 valence electrons. The molecule has 0 heterocycles. The Labute approximate surface area is 185 Å². The molecule has 0 unspecified atom stereocenters. The second-order valence-electron chi connectivity index (χ2n) is 7.11. The molecular weight excluding hydrogens is 492 g/mol. The van der Waals surface area contributed by atoms with Crippen LogP contribution in [0.25, 0.3) is 11.1 Å². The highest BCUT2D eigenvalue weighted by Gasteiger charge is 2.49. The SMILES string of the molecule is Oc1c(Br)cccc1C1(c2cccc(Br)c2O)c2ccccc2-c2ccccc21. The molecule has 0 saturated heterocycles. The quantitative estimate of drug-likeness (QED) is 0.270. The molecule has 0 aromatic heterocycles. The highest BCUT2D eigenvalue weighted by atomic mass is 79.9. The van der Waals surface area contributed by atoms with E-state index in [1.807, 2.05) is 60.7 Å². The van der Waals surface area contributed by atoms with Crippen molar-refractivity contribution in [3.8, 4) is 22.6 Å². The smallest absolute Gasteiger partial charge is 0.134 e. The van der Waals surface area contributed by atoms with Crippen LogP contribution in [0.15, 0.2) is 93.9 Å². The summed E-state index contributed by atoms with van der Waals surface area (Å²) in [5.41, 5.74) is 4.85. The minimum Gasteiger partial charge on any atom is -0.506 e. The number of phenols is 2. The summed E-state index contributed by atoms with van der Waals surface area (Å²) < 4.78 is 1.23. The van der Waals surface area contributed by atoms with Crippen molar-refractivity contribution in [2.24, 2.45) is 0 Å². The zero-order valence-electron chi connectivity index (χ0n) is 15.2. The molecule has 0 aliphatic heterocycles. The third-order valence-electron chi connectivity index (χ3n) is 5.73. The molecule has 0 fully saturated rings. The van der Waals surface area contributed by atoms with Crippen LogP contribution in [0.2, 0.25) is 0 Å². The van der Waals surface area contributed by atoms with E-state index < -0.39 is 5.41 Å². The fraction of sp³-hybridized carbons (Fsp3) is 0.0400. The van der Waals surface area contributed by atoms with E-state index in [-0.39, 0.29) is 11.5 Å². The van der Waals surface area contributed by atoms with Crippen LogP contribution in [0.1, 0.15) is 22.3 Å². The summed E-state index contributed by atoms with van der Waals surface area (Å²) >= 11 is 6.96. The number of hydrogen-bond acceptors (Lipinski definition) is 2. The topological polar surface area (TPSA) is 40.5 Å². The zero-order chi connectivity index (χ0) is 20.2. The zero-order valence-corrected chi connectivity index (χ0v) is 18.4. The Morgan fingerprint density at radius 3 is 1.31 bits per heavy atom. The highest BCUT2D eigenvalue weighted by molar-refractivity contribution is 9.10. The van der Waals surface area contributed by atoms with Crippen molar-refractivity contribution in [1.29, 1.82) is 0 Å². The Morgan fingerprint density at radius 1 is 0.483 bits per heavy atom. The monoisotopic (exact) mass is 506 g/mol. The summed E-state index contributed by atoms with van der Waals surface area (Å²) in [5.74, 6) is 0.330. The first-order valence-electron chi connectivity index (χ1n) is 9.22. The summed E-state index contributed by atoms with van der Waals surface area (Å²) in [5, 5.41) is 22.3. The Bertz CT molecular complexity index is 1160. The third-order valence-corrected chi connectivity index (χ3v) is 7.01. The van der Waals surface area contributed by atoms with Crippen molar-refractivity contribution < 1.29 is 10.2 Å². The lowest BCUT2D eigenvalue weighted by atomic mass is 9.67. The van der Waals surface area contributed by atoms with E-state index in [4.69, 9.17) is 0 Å². The molecule has 4 aromatic rings. The number of halogens is 2. The molecule has 2 nitrogen and oxygen atoms in total. The van der Waals surface area contributed by atoms with Gasteiger partial charge in [-0.3, -0.25) is 0 Å². The largest absolute Gasteiger partial charge is 0.506 e. The lowest BCUT2D eigenvalue weighted by molar-refractivity contribution is 0.445. The van der Waals surface area contributed by atoms with Gasteiger partial charge in [0, 0.05) is 11.1 Å². The van der Waals surface area contributed by atoms with Crippen molar-refractivity contribution >= 4 is 31.9 Å². The number of benzene rings is 4. The Balaban J connectivity index is 2.04. The van der Waals surface area contributed by atoms with Crippen LogP contribution in [0.3, 0.4) is 0 Å². The summed E-state index contributed by atoms with van der Waals surface area (Å²) in [6, 6.07) is 27.7. The van der Waals surface area contributed by atoms with Crippen molar-refractivity contribution in [1.82, 2.24) is 0 Å². The molecular formula is C25H16Br2O2. The first kappa shape index (κ1) is 18.5. The molecule has 1 aliphatic carbocycles. The number of phenolic OH excluding ortho intramolecular Hbond substituents is 2. The number of aromatic hydroxyl groups is 2. The number of fused-ring (bicyclic) bond motifs is 3. The van der Waals surface area contributed by atoms with E-state index in [9.17, 15) is 10.2 Å². The van der Waals surface area contributed by atoms with Gasteiger partial charge in [-0.05, 0) is 66.2 Å². The van der Waals surface area contributed by atoms with Gasteiger partial charge in [0.15, 0.2) is 0 Å². The van der Waals surface area contributed by atoms with Crippen molar-refractivity contribution in [2.45, 2.75) is 5.41 Å². The molecule has 0 amide bonds. The lowest BCUT2D eigenvalue weighted by Gasteiger charge is -2.35. The Morgan fingerprint density at radius 2 is 0.862 bits per heavy atom. The standard InChI is InChI=1S/C25H16Br2O2/c26-21-13-5-11-19(23(21)28)25(20-12-6-14-22(27)24(20)29)17-9-3-1-7-15(17)16-8-2-4-10-18(16)25/h1-14,28-29H. The molecule has 0 bridgehead atoms. The Kier molecular flexibility index (Phi) is 4.30. The third kappa shape index (κ3) is 2.46. The van der Waals surface area contributed by atoms with Crippen LogP contribution < -0.4 is 0 Å². The maximum atomic E-state index is 11.2. The van der Waals surface area contributed by atoms with Gasteiger partial charge in [-0.2, -0.15) is 0 Å². The molecule has 0 spiro atoms. The highest BCUT2D eigenvalue weighted by Crippen LogP contribution is 2.60. The van der Waals surface area contributed by atoms with Gasteiger partial charge in [0.2, 0.25) is 0 Å². The van der Waals surface area contributed by atoms with Crippen molar-refractivity contribution in [2.75, 3.05) is 0 Å². The predicted octanol–water partition coefficient (Wildman–Crippen LogP) is 6.99. The average Bonchev–Trinajstić information content (AvgIpc) is 3.04. The van der Waals surface area contributed by atoms with Crippen LogP contribution in [0, 0.1) is 0 Å². The van der Waals surface area contributed by atoms with Gasteiger partial charge < -0.3 is 10.2 Å². The minimum absolute atomic E-state index is 0.165. The molecule has 0 radical (unpaired) electrons. The molecule has 4 heteroatoms. The summed E-state index contributed by atoms with van der Waals surface area (Å²) in [4.78, 5) is 0. The molecule has 1 aliphatic rings. The number of para-hydroxylation sites is 2. The predicted molar refractivity (Wildman–Crippen MR) is 122 cm³/mol. The van der Waals surface area contributed by atoms with E-state index in [2.05, 4.69) is 56.1 Å². The van der Waals surface area contributed by atoms with Gasteiger partial charge in [0.25, 0.3) is 0 Å². The maximum Gasteiger partial charge on any atom is 0.134 e. The summed E-state index contributed by atoms with van der Waals surface area (Å²) in [6.07, 6.45) is 0. The van der Waals surface area contributed by atoms with Gasteiger partial charge >= 0.3 is 0 Å². The van der Waals surface area contributed by atoms with Gasteiger partial charge in [-0.15, -0.1) is 0 Å². The fourth-order valence-corrected chi connectivity index (χ4v) is 5.33. The van der Waals surface area contributed by atoms with Crippen molar-refractivity contribution in [3.63, 3.8) is 0 Å². The van der Waals surface area contributed by atoms with E-state index in [0.29, 0.717) is 8.95 Å². The molecule has 5 rings (SSSR count). The summed E-state index contributed by atoms with van der Waals surface area (Å²) in [7, 11) is 0. The molecule has 0 atom stereocenters. The Hall–Kier alpha value is -2.56. The van der Waals surface area contributed by atoms with Crippen molar-refractivity contribution in [3.05, 3.63) is 116 Å². The second-order valence-corrected chi connectivity index (χ2v) is 8.82. The second kappa shape index (κ2) is 6.75. The van der Waals surface area contributed by atoms with Gasteiger partial charge in [0.05, 0.1) is 14.4 Å². The van der Waals surface area contributed by atoms with Crippen LogP contribution in [0.4, 0.5) is 0 Å². The van der Waals surface area contributed by atoms with E-state index in [1.165, 1.54) is 0 Å². The van der Waals surface area contributed by atoms with Gasteiger partial charge in [-0.25, -0.2) is 0 Å². The van der Waals surface area contributed by atoms with E-state index in [0.717, 1.165) is 33.4 Å².